The fourth-order valence-electron chi connectivity index (χ4n) is 3.41. The van der Waals surface area contributed by atoms with Crippen molar-refractivity contribution in [2.45, 2.75) is 50.7 Å². The topological polar surface area (TPSA) is 76.8 Å². The van der Waals surface area contributed by atoms with Crippen molar-refractivity contribution < 1.29 is 14.3 Å². The van der Waals surface area contributed by atoms with Crippen molar-refractivity contribution in [2.24, 2.45) is 5.73 Å². The summed E-state index contributed by atoms with van der Waals surface area (Å²) in [6.07, 6.45) is 2.52. The van der Waals surface area contributed by atoms with Crippen LogP contribution in [0.1, 0.15) is 33.1 Å². The number of primary amides is 1. The van der Waals surface area contributed by atoms with Crippen LogP contribution in [-0.4, -0.2) is 69.0 Å². The van der Waals surface area contributed by atoms with E-state index in [2.05, 4.69) is 17.1 Å². The van der Waals surface area contributed by atoms with Crippen LogP contribution in [0.3, 0.4) is 0 Å². The second-order valence-electron chi connectivity index (χ2n) is 5.91. The SMILES string of the molecule is CCNC1(C(N)=O)CCC(N(CCOC)C(C)COC)C1. The van der Waals surface area contributed by atoms with E-state index < -0.39 is 5.54 Å². The van der Waals surface area contributed by atoms with Gasteiger partial charge in [-0.1, -0.05) is 6.92 Å². The molecular weight excluding hydrogens is 270 g/mol. The summed E-state index contributed by atoms with van der Waals surface area (Å²) in [5.41, 5.74) is 5.09. The lowest BCUT2D eigenvalue weighted by Gasteiger charge is -2.35. The zero-order valence-corrected chi connectivity index (χ0v) is 13.9. The molecule has 1 rings (SSSR count). The monoisotopic (exact) mass is 301 g/mol. The Hall–Kier alpha value is -0.690. The van der Waals surface area contributed by atoms with Crippen molar-refractivity contribution in [1.29, 1.82) is 0 Å². The molecule has 0 saturated heterocycles. The fourth-order valence-corrected chi connectivity index (χ4v) is 3.41. The number of carbonyl (C=O) groups excluding carboxylic acids is 1. The van der Waals surface area contributed by atoms with Crippen LogP contribution in [0.4, 0.5) is 0 Å². The Labute approximate surface area is 128 Å². The molecule has 1 saturated carbocycles. The zero-order valence-electron chi connectivity index (χ0n) is 13.9. The lowest BCUT2D eigenvalue weighted by atomic mass is 9.96. The molecule has 21 heavy (non-hydrogen) atoms. The third-order valence-electron chi connectivity index (χ3n) is 4.47. The van der Waals surface area contributed by atoms with E-state index in [0.717, 1.165) is 32.4 Å². The summed E-state index contributed by atoms with van der Waals surface area (Å²) in [5.74, 6) is -0.238. The van der Waals surface area contributed by atoms with Crippen molar-refractivity contribution in [1.82, 2.24) is 10.2 Å². The Morgan fingerprint density at radius 1 is 1.48 bits per heavy atom. The molecule has 124 valence electrons. The first-order valence-corrected chi connectivity index (χ1v) is 7.79. The third kappa shape index (κ3) is 4.64. The van der Waals surface area contributed by atoms with Crippen molar-refractivity contribution in [3.8, 4) is 0 Å². The summed E-state index contributed by atoms with van der Waals surface area (Å²) in [4.78, 5) is 14.3. The Bertz CT molecular complexity index is 327. The maximum absolute atomic E-state index is 11.9. The van der Waals surface area contributed by atoms with Gasteiger partial charge in [0.15, 0.2) is 0 Å². The molecular formula is C15H31N3O3. The molecule has 6 nitrogen and oxygen atoms in total. The lowest BCUT2D eigenvalue weighted by molar-refractivity contribution is -0.124. The van der Waals surface area contributed by atoms with E-state index in [-0.39, 0.29) is 5.91 Å². The highest BCUT2D eigenvalue weighted by molar-refractivity contribution is 5.85. The second-order valence-corrected chi connectivity index (χ2v) is 5.91. The molecule has 0 aromatic heterocycles. The average Bonchev–Trinajstić information content (AvgIpc) is 2.85. The predicted molar refractivity (Wildman–Crippen MR) is 83.2 cm³/mol. The van der Waals surface area contributed by atoms with Crippen LogP contribution in [0.5, 0.6) is 0 Å². The van der Waals surface area contributed by atoms with E-state index in [1.54, 1.807) is 14.2 Å². The molecule has 3 N–H and O–H groups in total. The van der Waals surface area contributed by atoms with Crippen molar-refractivity contribution in [3.05, 3.63) is 0 Å². The van der Waals surface area contributed by atoms with Crippen molar-refractivity contribution >= 4 is 5.91 Å². The third-order valence-corrected chi connectivity index (χ3v) is 4.47. The fraction of sp³-hybridized carbons (Fsp3) is 0.933. The molecule has 0 aromatic rings. The van der Waals surface area contributed by atoms with E-state index in [1.165, 1.54) is 0 Å². The molecule has 0 radical (unpaired) electrons. The van der Waals surface area contributed by atoms with Gasteiger partial charge in [0.25, 0.3) is 0 Å². The first-order chi connectivity index (χ1) is 10.0. The van der Waals surface area contributed by atoms with E-state index in [9.17, 15) is 4.79 Å². The highest BCUT2D eigenvalue weighted by atomic mass is 16.5. The first-order valence-electron chi connectivity index (χ1n) is 7.79. The summed E-state index contributed by atoms with van der Waals surface area (Å²) < 4.78 is 10.5. The lowest BCUT2D eigenvalue weighted by Crippen LogP contribution is -2.55. The molecule has 3 atom stereocenters. The Morgan fingerprint density at radius 3 is 2.71 bits per heavy atom. The molecule has 1 aliphatic carbocycles. The molecule has 0 spiro atoms. The number of carbonyl (C=O) groups is 1. The van der Waals surface area contributed by atoms with Crippen LogP contribution in [0.15, 0.2) is 0 Å². The van der Waals surface area contributed by atoms with E-state index in [1.807, 2.05) is 6.92 Å². The van der Waals surface area contributed by atoms with Gasteiger partial charge in [0, 0.05) is 32.8 Å². The number of methoxy groups -OCH3 is 2. The molecule has 1 fully saturated rings. The van der Waals surface area contributed by atoms with E-state index in [0.29, 0.717) is 25.3 Å². The minimum Gasteiger partial charge on any atom is -0.383 e. The number of hydrogen-bond acceptors (Lipinski definition) is 5. The standard InChI is InChI=1S/C15H31N3O3/c1-5-17-15(14(16)19)7-6-13(10-15)18(8-9-20-3)12(2)11-21-4/h12-13,17H,5-11H2,1-4H3,(H2,16,19). The summed E-state index contributed by atoms with van der Waals surface area (Å²) in [7, 11) is 3.42. The zero-order chi connectivity index (χ0) is 15.9. The Kier molecular flexibility index (Phi) is 7.59. The molecule has 0 bridgehead atoms. The normalized spacial score (nSPS) is 27.2. The smallest absolute Gasteiger partial charge is 0.237 e. The second kappa shape index (κ2) is 8.68. The van der Waals surface area contributed by atoms with Crippen LogP contribution in [0.2, 0.25) is 0 Å². The number of amides is 1. The number of rotatable bonds is 10. The van der Waals surface area contributed by atoms with Gasteiger partial charge in [0.1, 0.15) is 0 Å². The Morgan fingerprint density at radius 2 is 2.19 bits per heavy atom. The molecule has 1 aliphatic rings. The number of ether oxygens (including phenoxy) is 2. The minimum absolute atomic E-state index is 0.238. The largest absolute Gasteiger partial charge is 0.383 e. The van der Waals surface area contributed by atoms with Crippen molar-refractivity contribution in [2.75, 3.05) is 40.5 Å². The number of nitrogens with two attached hydrogens (primary N) is 1. The minimum atomic E-state index is -0.558. The van der Waals surface area contributed by atoms with Gasteiger partial charge in [-0.25, -0.2) is 0 Å². The van der Waals surface area contributed by atoms with Crippen LogP contribution in [-0.2, 0) is 14.3 Å². The van der Waals surface area contributed by atoms with Gasteiger partial charge in [0.2, 0.25) is 5.91 Å². The van der Waals surface area contributed by atoms with Crippen LogP contribution >= 0.6 is 0 Å². The summed E-state index contributed by atoms with van der Waals surface area (Å²) in [6.45, 7) is 7.10. The van der Waals surface area contributed by atoms with Crippen molar-refractivity contribution in [3.63, 3.8) is 0 Å². The van der Waals surface area contributed by atoms with Crippen LogP contribution < -0.4 is 11.1 Å². The maximum Gasteiger partial charge on any atom is 0.237 e. The highest BCUT2D eigenvalue weighted by Gasteiger charge is 2.45. The van der Waals surface area contributed by atoms with Gasteiger partial charge in [-0.2, -0.15) is 0 Å². The number of likely N-dealkylation sites (N-methyl/N-ethyl adjacent to an activating group) is 1. The Balaban J connectivity index is 2.77. The highest BCUT2D eigenvalue weighted by Crippen LogP contribution is 2.34. The van der Waals surface area contributed by atoms with Gasteiger partial charge in [-0.15, -0.1) is 0 Å². The molecule has 3 unspecified atom stereocenters. The van der Waals surface area contributed by atoms with E-state index >= 15 is 0 Å². The van der Waals surface area contributed by atoms with Crippen LogP contribution in [0.25, 0.3) is 0 Å². The maximum atomic E-state index is 11.9. The van der Waals surface area contributed by atoms with Gasteiger partial charge in [-0.3, -0.25) is 9.69 Å². The molecule has 0 aromatic carbocycles. The average molecular weight is 301 g/mol. The van der Waals surface area contributed by atoms with E-state index in [4.69, 9.17) is 15.2 Å². The molecule has 1 amide bonds. The first kappa shape index (κ1) is 18.4. The summed E-state index contributed by atoms with van der Waals surface area (Å²) in [5, 5.41) is 3.31. The number of hydrogen-bond donors (Lipinski definition) is 2. The van der Waals surface area contributed by atoms with Gasteiger partial charge >= 0.3 is 0 Å². The molecule has 0 heterocycles. The van der Waals surface area contributed by atoms with Gasteiger partial charge in [-0.05, 0) is 32.7 Å². The summed E-state index contributed by atoms with van der Waals surface area (Å²) >= 11 is 0. The molecule has 0 aliphatic heterocycles. The van der Waals surface area contributed by atoms with Crippen LogP contribution in [0, 0.1) is 0 Å². The number of nitrogens with zero attached hydrogens (tertiary/aromatic N) is 1. The van der Waals surface area contributed by atoms with Gasteiger partial charge in [0.05, 0.1) is 18.8 Å². The summed E-state index contributed by atoms with van der Waals surface area (Å²) in [6, 6.07) is 0.623. The quantitative estimate of drug-likeness (QED) is 0.609. The predicted octanol–water partition coefficient (Wildman–Crippen LogP) is 0.356. The molecule has 6 heteroatoms. The number of nitrogens with one attached hydrogen (secondary N) is 1. The van der Waals surface area contributed by atoms with Gasteiger partial charge < -0.3 is 20.5 Å².